The van der Waals surface area contributed by atoms with Gasteiger partial charge in [-0.25, -0.2) is 0 Å². The van der Waals surface area contributed by atoms with Crippen molar-refractivity contribution in [3.8, 4) is 0 Å². The molecular formula is C6H10N2O. The first-order valence-electron chi connectivity index (χ1n) is 2.72. The zero-order chi connectivity index (χ0) is 7.11. The zero-order valence-corrected chi connectivity index (χ0v) is 5.37. The second-order valence-electron chi connectivity index (χ2n) is 1.41. The van der Waals surface area contributed by atoms with Gasteiger partial charge in [0.1, 0.15) is 0 Å². The normalized spacial score (nSPS) is 12.3. The third-order valence-corrected chi connectivity index (χ3v) is 0.751. The number of aliphatic imine (C=N–C) groups is 1. The van der Waals surface area contributed by atoms with Gasteiger partial charge in [0.25, 0.3) is 0 Å². The van der Waals surface area contributed by atoms with Gasteiger partial charge in [0, 0.05) is 24.5 Å². The van der Waals surface area contributed by atoms with Gasteiger partial charge in [0.15, 0.2) is 6.29 Å². The summed E-state index contributed by atoms with van der Waals surface area (Å²) in [6, 6.07) is 0. The summed E-state index contributed by atoms with van der Waals surface area (Å²) in [7, 11) is 0. The molecule has 0 amide bonds. The van der Waals surface area contributed by atoms with Crippen LogP contribution in [0.1, 0.15) is 6.92 Å². The van der Waals surface area contributed by atoms with E-state index in [0.29, 0.717) is 18.4 Å². The molecule has 9 heavy (non-hydrogen) atoms. The fourth-order valence-corrected chi connectivity index (χ4v) is 0.309. The Kier molecular flexibility index (Phi) is 4.40. The van der Waals surface area contributed by atoms with E-state index in [9.17, 15) is 4.79 Å². The standard InChI is InChI=1S/C6H10N2O/c1-2-8-4-6(3-7)5-9/h3-5H,2,7H2,1H3/b6-3+,8-4?. The highest BCUT2D eigenvalue weighted by atomic mass is 16.1. The minimum atomic E-state index is 0.414. The minimum Gasteiger partial charge on any atom is -0.404 e. The van der Waals surface area contributed by atoms with Gasteiger partial charge in [0.2, 0.25) is 0 Å². The summed E-state index contributed by atoms with van der Waals surface area (Å²) in [5, 5.41) is 0. The van der Waals surface area contributed by atoms with Crippen LogP contribution < -0.4 is 5.73 Å². The molecule has 0 saturated heterocycles. The predicted molar refractivity (Wildman–Crippen MR) is 37.4 cm³/mol. The Morgan fingerprint density at radius 1 is 1.78 bits per heavy atom. The number of rotatable bonds is 3. The molecule has 0 heterocycles. The number of nitrogens with two attached hydrogens (primary N) is 1. The summed E-state index contributed by atoms with van der Waals surface area (Å²) in [5.74, 6) is 0. The Morgan fingerprint density at radius 3 is 2.78 bits per heavy atom. The van der Waals surface area contributed by atoms with E-state index in [1.54, 1.807) is 0 Å². The van der Waals surface area contributed by atoms with Crippen molar-refractivity contribution < 1.29 is 4.79 Å². The summed E-state index contributed by atoms with van der Waals surface area (Å²) < 4.78 is 0. The van der Waals surface area contributed by atoms with E-state index in [0.717, 1.165) is 0 Å². The molecule has 0 spiro atoms. The van der Waals surface area contributed by atoms with E-state index in [-0.39, 0.29) is 0 Å². The topological polar surface area (TPSA) is 55.5 Å². The third-order valence-electron chi connectivity index (χ3n) is 0.751. The van der Waals surface area contributed by atoms with Gasteiger partial charge in [-0.15, -0.1) is 0 Å². The van der Waals surface area contributed by atoms with Crippen molar-refractivity contribution in [1.29, 1.82) is 0 Å². The minimum absolute atomic E-state index is 0.414. The van der Waals surface area contributed by atoms with Gasteiger partial charge in [-0.05, 0) is 6.92 Å². The molecule has 0 unspecified atom stereocenters. The first-order valence-corrected chi connectivity index (χ1v) is 2.72. The molecule has 0 radical (unpaired) electrons. The Hall–Kier alpha value is -1.12. The molecule has 3 heteroatoms. The van der Waals surface area contributed by atoms with Gasteiger partial charge in [-0.2, -0.15) is 0 Å². The van der Waals surface area contributed by atoms with E-state index in [1.165, 1.54) is 12.4 Å². The number of aldehydes is 1. The van der Waals surface area contributed by atoms with Gasteiger partial charge in [-0.1, -0.05) is 0 Å². The average molecular weight is 126 g/mol. The molecule has 0 aromatic carbocycles. The summed E-state index contributed by atoms with van der Waals surface area (Å²) >= 11 is 0. The average Bonchev–Trinajstić information content (AvgIpc) is 1.91. The van der Waals surface area contributed by atoms with Crippen LogP contribution in [0, 0.1) is 0 Å². The molecule has 0 aliphatic rings. The maximum atomic E-state index is 10.0. The Morgan fingerprint density at radius 2 is 2.44 bits per heavy atom. The highest BCUT2D eigenvalue weighted by Crippen LogP contribution is 1.78. The molecule has 0 bridgehead atoms. The molecule has 0 aromatic heterocycles. The maximum absolute atomic E-state index is 10.0. The van der Waals surface area contributed by atoms with Crippen LogP contribution in [0.3, 0.4) is 0 Å². The fraction of sp³-hybridized carbons (Fsp3) is 0.333. The van der Waals surface area contributed by atoms with Crippen LogP contribution in [0.2, 0.25) is 0 Å². The van der Waals surface area contributed by atoms with Crippen molar-refractivity contribution in [2.24, 2.45) is 10.7 Å². The van der Waals surface area contributed by atoms with Crippen molar-refractivity contribution in [2.75, 3.05) is 6.54 Å². The lowest BCUT2D eigenvalue weighted by molar-refractivity contribution is -0.104. The van der Waals surface area contributed by atoms with E-state index >= 15 is 0 Å². The molecule has 0 saturated carbocycles. The van der Waals surface area contributed by atoms with E-state index in [1.807, 2.05) is 6.92 Å². The molecule has 0 fully saturated rings. The Bertz CT molecular complexity index is 138. The van der Waals surface area contributed by atoms with Gasteiger partial charge in [-0.3, -0.25) is 9.79 Å². The van der Waals surface area contributed by atoms with Crippen LogP contribution in [-0.4, -0.2) is 19.0 Å². The van der Waals surface area contributed by atoms with Crippen LogP contribution in [-0.2, 0) is 4.79 Å². The zero-order valence-electron chi connectivity index (χ0n) is 5.37. The van der Waals surface area contributed by atoms with Crippen LogP contribution in [0.15, 0.2) is 16.8 Å². The lowest BCUT2D eigenvalue weighted by Crippen LogP contribution is -1.91. The number of carbonyl (C=O) groups is 1. The Labute approximate surface area is 54.3 Å². The van der Waals surface area contributed by atoms with Crippen molar-refractivity contribution in [1.82, 2.24) is 0 Å². The summed E-state index contributed by atoms with van der Waals surface area (Å²) in [4.78, 5) is 13.8. The van der Waals surface area contributed by atoms with Crippen LogP contribution in [0.5, 0.6) is 0 Å². The lowest BCUT2D eigenvalue weighted by Gasteiger charge is -1.83. The molecule has 0 atom stereocenters. The molecule has 2 N–H and O–H groups in total. The number of nitrogens with zero attached hydrogens (tertiary/aromatic N) is 1. The van der Waals surface area contributed by atoms with E-state index in [4.69, 9.17) is 5.73 Å². The number of hydrogen-bond donors (Lipinski definition) is 1. The maximum Gasteiger partial charge on any atom is 0.153 e. The largest absolute Gasteiger partial charge is 0.404 e. The highest BCUT2D eigenvalue weighted by molar-refractivity contribution is 6.01. The number of carbonyl (C=O) groups excluding carboxylic acids is 1. The van der Waals surface area contributed by atoms with Gasteiger partial charge in [0.05, 0.1) is 0 Å². The first-order chi connectivity index (χ1) is 4.35. The summed E-state index contributed by atoms with van der Waals surface area (Å²) in [6.45, 7) is 2.56. The fourth-order valence-electron chi connectivity index (χ4n) is 0.309. The quantitative estimate of drug-likeness (QED) is 0.331. The van der Waals surface area contributed by atoms with Crippen LogP contribution >= 0.6 is 0 Å². The summed E-state index contributed by atoms with van der Waals surface area (Å²) in [5.41, 5.74) is 5.45. The Balaban J connectivity index is 3.84. The molecule has 50 valence electrons. The van der Waals surface area contributed by atoms with Crippen molar-refractivity contribution in [2.45, 2.75) is 6.92 Å². The smallest absolute Gasteiger partial charge is 0.153 e. The van der Waals surface area contributed by atoms with Crippen molar-refractivity contribution in [3.05, 3.63) is 11.8 Å². The van der Waals surface area contributed by atoms with E-state index in [2.05, 4.69) is 4.99 Å². The molecule has 0 aliphatic carbocycles. The monoisotopic (exact) mass is 126 g/mol. The van der Waals surface area contributed by atoms with Crippen molar-refractivity contribution in [3.63, 3.8) is 0 Å². The second-order valence-corrected chi connectivity index (χ2v) is 1.41. The highest BCUT2D eigenvalue weighted by Gasteiger charge is 1.83. The number of hydrogen-bond acceptors (Lipinski definition) is 3. The SMILES string of the molecule is CCN=C/C(C=O)=C\N. The van der Waals surface area contributed by atoms with E-state index < -0.39 is 0 Å². The molecule has 3 nitrogen and oxygen atoms in total. The number of allylic oxidation sites excluding steroid dienone is 1. The third kappa shape index (κ3) is 3.46. The molecule has 0 aromatic rings. The van der Waals surface area contributed by atoms with Crippen molar-refractivity contribution >= 4 is 12.5 Å². The van der Waals surface area contributed by atoms with Gasteiger partial charge < -0.3 is 5.73 Å². The second kappa shape index (κ2) is 5.03. The van der Waals surface area contributed by atoms with Crippen LogP contribution in [0.4, 0.5) is 0 Å². The molecule has 0 rings (SSSR count). The molecule has 0 aliphatic heterocycles. The van der Waals surface area contributed by atoms with Crippen LogP contribution in [0.25, 0.3) is 0 Å². The first kappa shape index (κ1) is 7.88. The summed E-state index contributed by atoms with van der Waals surface area (Å²) in [6.07, 6.45) is 3.35. The lowest BCUT2D eigenvalue weighted by atomic mass is 10.3. The molecular weight excluding hydrogens is 116 g/mol. The van der Waals surface area contributed by atoms with Gasteiger partial charge >= 0.3 is 0 Å². The predicted octanol–water partition coefficient (Wildman–Crippen LogP) is 0.119.